The highest BCUT2D eigenvalue weighted by atomic mass is 16.9. The number of aromatic hydroxyl groups is 3. The van der Waals surface area contributed by atoms with Gasteiger partial charge >= 0.3 is 11.8 Å². The molecule has 0 bridgehead atoms. The van der Waals surface area contributed by atoms with Gasteiger partial charge in [-0.05, 0) is 18.9 Å². The van der Waals surface area contributed by atoms with E-state index in [2.05, 4.69) is 0 Å². The standard InChI is InChI=1S/C21H20O9/c1-11-2-4-12(5-3-11)6-7-20(16-14(23)8-13(22)9-15(16)24)28-10-21(30-20)18(26)17(25)19(27)29-21/h2-5,8-9,22-26H,6-7,10H2,1H3. The summed E-state index contributed by atoms with van der Waals surface area (Å²) in [7, 11) is 0. The highest BCUT2D eigenvalue weighted by Crippen LogP contribution is 2.53. The first kappa shape index (κ1) is 19.9. The number of aliphatic hydroxyl groups excluding tert-OH is 2. The summed E-state index contributed by atoms with van der Waals surface area (Å²) in [5, 5.41) is 50.4. The Morgan fingerprint density at radius 3 is 2.20 bits per heavy atom. The number of ether oxygens (including phenoxy) is 3. The van der Waals surface area contributed by atoms with E-state index in [9.17, 15) is 30.3 Å². The maximum atomic E-state index is 11.7. The molecule has 0 aliphatic carbocycles. The number of carbonyl (C=O) groups is 1. The van der Waals surface area contributed by atoms with Crippen LogP contribution in [0, 0.1) is 6.92 Å². The van der Waals surface area contributed by atoms with E-state index >= 15 is 0 Å². The van der Waals surface area contributed by atoms with Crippen LogP contribution in [-0.4, -0.2) is 43.9 Å². The number of benzene rings is 2. The minimum Gasteiger partial charge on any atom is -0.508 e. The monoisotopic (exact) mass is 416 g/mol. The van der Waals surface area contributed by atoms with Gasteiger partial charge in [0.1, 0.15) is 23.9 Å². The molecule has 2 atom stereocenters. The van der Waals surface area contributed by atoms with Crippen LogP contribution in [0.3, 0.4) is 0 Å². The zero-order valence-corrected chi connectivity index (χ0v) is 16.0. The molecule has 5 N–H and O–H groups in total. The number of phenolic OH excluding ortho intramolecular Hbond substituents is 3. The Morgan fingerprint density at radius 1 is 1.00 bits per heavy atom. The summed E-state index contributed by atoms with van der Waals surface area (Å²) in [5.74, 6) is -8.46. The van der Waals surface area contributed by atoms with Gasteiger partial charge < -0.3 is 35.0 Å². The Bertz CT molecular complexity index is 1020. The number of hydrogen-bond donors (Lipinski definition) is 5. The van der Waals surface area contributed by atoms with Crippen molar-refractivity contribution < 1.29 is 44.5 Å². The molecule has 4 rings (SSSR count). The first-order valence-electron chi connectivity index (χ1n) is 9.17. The lowest BCUT2D eigenvalue weighted by Gasteiger charge is -2.31. The molecule has 2 aromatic carbocycles. The third kappa shape index (κ3) is 3.08. The van der Waals surface area contributed by atoms with Crippen molar-refractivity contribution in [3.63, 3.8) is 0 Å². The van der Waals surface area contributed by atoms with Crippen LogP contribution >= 0.6 is 0 Å². The summed E-state index contributed by atoms with van der Waals surface area (Å²) >= 11 is 0. The topological polar surface area (TPSA) is 146 Å². The molecule has 158 valence electrons. The molecule has 1 saturated heterocycles. The van der Waals surface area contributed by atoms with Crippen LogP contribution in [0.1, 0.15) is 23.1 Å². The number of esters is 1. The second-order valence-corrected chi connectivity index (χ2v) is 7.33. The molecule has 2 aromatic rings. The molecule has 0 amide bonds. The summed E-state index contributed by atoms with van der Waals surface area (Å²) in [6, 6.07) is 9.61. The van der Waals surface area contributed by atoms with Gasteiger partial charge in [-0.3, -0.25) is 4.74 Å². The van der Waals surface area contributed by atoms with Gasteiger partial charge in [0.05, 0.1) is 5.56 Å². The lowest BCUT2D eigenvalue weighted by molar-refractivity contribution is -0.253. The Morgan fingerprint density at radius 2 is 1.63 bits per heavy atom. The summed E-state index contributed by atoms with van der Waals surface area (Å²) in [6.07, 6.45) is 0.399. The van der Waals surface area contributed by atoms with Crippen LogP contribution in [0.25, 0.3) is 0 Å². The molecule has 2 aliphatic rings. The lowest BCUT2D eigenvalue weighted by atomic mass is 9.95. The highest BCUT2D eigenvalue weighted by Gasteiger charge is 2.62. The van der Waals surface area contributed by atoms with Gasteiger partial charge in [-0.2, -0.15) is 0 Å². The van der Waals surface area contributed by atoms with Crippen LogP contribution in [0.5, 0.6) is 17.2 Å². The van der Waals surface area contributed by atoms with Crippen molar-refractivity contribution in [2.24, 2.45) is 0 Å². The van der Waals surface area contributed by atoms with E-state index in [1.165, 1.54) is 0 Å². The second-order valence-electron chi connectivity index (χ2n) is 7.33. The third-order valence-electron chi connectivity index (χ3n) is 5.19. The minimum atomic E-state index is -2.12. The van der Waals surface area contributed by atoms with Crippen LogP contribution < -0.4 is 0 Å². The second kappa shape index (κ2) is 6.82. The molecule has 0 aromatic heterocycles. The predicted molar refractivity (Wildman–Crippen MR) is 101 cm³/mol. The fourth-order valence-electron chi connectivity index (χ4n) is 3.65. The van der Waals surface area contributed by atoms with Crippen molar-refractivity contribution in [2.45, 2.75) is 31.3 Å². The van der Waals surface area contributed by atoms with E-state index in [-0.39, 0.29) is 17.7 Å². The number of aliphatic hydroxyl groups is 2. The molecule has 9 heteroatoms. The van der Waals surface area contributed by atoms with Crippen molar-refractivity contribution in [3.8, 4) is 17.2 Å². The molecule has 2 aliphatic heterocycles. The molecule has 2 unspecified atom stereocenters. The predicted octanol–water partition coefficient (Wildman–Crippen LogP) is 2.52. The van der Waals surface area contributed by atoms with Gasteiger partial charge in [-0.15, -0.1) is 0 Å². The molecule has 0 radical (unpaired) electrons. The first-order valence-corrected chi connectivity index (χ1v) is 9.17. The molecule has 30 heavy (non-hydrogen) atoms. The van der Waals surface area contributed by atoms with Crippen LogP contribution in [0.2, 0.25) is 0 Å². The van der Waals surface area contributed by atoms with Gasteiger partial charge in [0.2, 0.25) is 17.3 Å². The van der Waals surface area contributed by atoms with Gasteiger partial charge in [-0.1, -0.05) is 29.8 Å². The van der Waals surface area contributed by atoms with Gasteiger partial charge in [0, 0.05) is 18.6 Å². The highest BCUT2D eigenvalue weighted by molar-refractivity contribution is 5.89. The van der Waals surface area contributed by atoms with E-state index in [0.717, 1.165) is 23.3 Å². The zero-order chi connectivity index (χ0) is 21.7. The van der Waals surface area contributed by atoms with Crippen LogP contribution in [-0.2, 0) is 31.2 Å². The molecule has 1 spiro atoms. The maximum absolute atomic E-state index is 11.7. The smallest absolute Gasteiger partial charge is 0.380 e. The fraction of sp³-hybridized carbons (Fsp3) is 0.286. The molecule has 1 fully saturated rings. The maximum Gasteiger partial charge on any atom is 0.380 e. The number of carbonyl (C=O) groups excluding carboxylic acids is 1. The van der Waals surface area contributed by atoms with Gasteiger partial charge in [0.25, 0.3) is 0 Å². The summed E-state index contributed by atoms with van der Waals surface area (Å²) < 4.78 is 16.6. The molecular weight excluding hydrogens is 396 g/mol. The van der Waals surface area contributed by atoms with E-state index in [0.29, 0.717) is 6.42 Å². The Hall–Kier alpha value is -3.43. The molecule has 2 heterocycles. The summed E-state index contributed by atoms with van der Waals surface area (Å²) in [6.45, 7) is 1.45. The van der Waals surface area contributed by atoms with E-state index in [1.807, 2.05) is 31.2 Å². The Labute approximate surface area is 171 Å². The van der Waals surface area contributed by atoms with E-state index in [4.69, 9.17) is 14.2 Å². The quantitative estimate of drug-likeness (QED) is 0.475. The third-order valence-corrected chi connectivity index (χ3v) is 5.19. The number of hydrogen-bond acceptors (Lipinski definition) is 9. The zero-order valence-electron chi connectivity index (χ0n) is 16.0. The summed E-state index contributed by atoms with van der Waals surface area (Å²) in [4.78, 5) is 11.7. The average Bonchev–Trinajstić information content (AvgIpc) is 3.14. The normalized spacial score (nSPS) is 25.8. The Kier molecular flexibility index (Phi) is 4.52. The van der Waals surface area contributed by atoms with Crippen molar-refractivity contribution in [2.75, 3.05) is 6.61 Å². The van der Waals surface area contributed by atoms with Crippen molar-refractivity contribution in [3.05, 3.63) is 64.6 Å². The Balaban J connectivity index is 1.75. The molecule has 0 saturated carbocycles. The first-order chi connectivity index (χ1) is 14.2. The average molecular weight is 416 g/mol. The van der Waals surface area contributed by atoms with Gasteiger partial charge in [0.15, 0.2) is 0 Å². The lowest BCUT2D eigenvalue weighted by Crippen LogP contribution is -2.38. The molecule has 9 nitrogen and oxygen atoms in total. The largest absolute Gasteiger partial charge is 0.508 e. The van der Waals surface area contributed by atoms with Crippen molar-refractivity contribution in [1.29, 1.82) is 0 Å². The van der Waals surface area contributed by atoms with Crippen LogP contribution in [0.15, 0.2) is 47.9 Å². The van der Waals surface area contributed by atoms with E-state index < -0.39 is 47.2 Å². The summed E-state index contributed by atoms with van der Waals surface area (Å²) in [5.41, 5.74) is 1.76. The number of rotatable bonds is 4. The number of phenols is 3. The van der Waals surface area contributed by atoms with E-state index in [1.54, 1.807) is 0 Å². The van der Waals surface area contributed by atoms with Crippen molar-refractivity contribution in [1.82, 2.24) is 0 Å². The van der Waals surface area contributed by atoms with Crippen molar-refractivity contribution >= 4 is 5.97 Å². The van der Waals surface area contributed by atoms with Gasteiger partial charge in [-0.25, -0.2) is 4.79 Å². The fourth-order valence-corrected chi connectivity index (χ4v) is 3.65. The molecular formula is C21H20O9. The van der Waals surface area contributed by atoms with Crippen LogP contribution in [0.4, 0.5) is 0 Å². The number of aryl methyl sites for hydroxylation is 2. The SMILES string of the molecule is Cc1ccc(CCC2(c3c(O)cc(O)cc3O)OCC3(OC(=O)C(O)=C3O)O2)cc1. The minimum absolute atomic E-state index is 0.0370.